The molecule has 0 saturated carbocycles. The second-order valence-corrected chi connectivity index (χ2v) is 4.08. The van der Waals surface area contributed by atoms with E-state index in [1.807, 2.05) is 0 Å². The van der Waals surface area contributed by atoms with Crippen LogP contribution in [-0.4, -0.2) is 41.6 Å². The Morgan fingerprint density at radius 3 is 2.53 bits per heavy atom. The number of nitrogens with zero attached hydrogens (tertiary/aromatic N) is 1. The van der Waals surface area contributed by atoms with Crippen molar-refractivity contribution >= 4 is 45.2 Å². The van der Waals surface area contributed by atoms with Gasteiger partial charge in [-0.2, -0.15) is 0 Å². The minimum Gasteiger partial charge on any atom is -0.447 e. The van der Waals surface area contributed by atoms with Gasteiger partial charge in [-0.05, 0) is 13.2 Å². The van der Waals surface area contributed by atoms with Crippen LogP contribution < -0.4 is 0 Å². The molecule has 15 heavy (non-hydrogen) atoms. The van der Waals surface area contributed by atoms with E-state index in [0.29, 0.717) is 0 Å². The van der Waals surface area contributed by atoms with Crippen LogP contribution in [0, 0.1) is 0 Å². The summed E-state index contributed by atoms with van der Waals surface area (Å²) in [5.41, 5.74) is -0.669. The molecular weight excluding hydrogens is 286 g/mol. The first-order valence-corrected chi connectivity index (χ1v) is 6.41. The molecule has 1 unspecified atom stereocenters. The van der Waals surface area contributed by atoms with Gasteiger partial charge in [0, 0.05) is 0 Å². The summed E-state index contributed by atoms with van der Waals surface area (Å²) in [4.78, 5) is 27.1. The number of hydrogen-bond donors (Lipinski definition) is 0. The predicted molar refractivity (Wildman–Crippen MR) is 62.3 cm³/mol. The molecule has 0 heterocycles. The second-order valence-electron chi connectivity index (χ2n) is 2.39. The summed E-state index contributed by atoms with van der Waals surface area (Å²) in [5.74, 6) is -1.25. The highest BCUT2D eigenvalue weighted by atomic mass is 79.9. The first kappa shape index (κ1) is 14.4. The molecule has 0 aliphatic carbocycles. The van der Waals surface area contributed by atoms with E-state index in [1.54, 1.807) is 13.2 Å². The van der Waals surface area contributed by atoms with Crippen LogP contribution in [0.4, 0.5) is 0 Å². The van der Waals surface area contributed by atoms with Gasteiger partial charge in [-0.25, -0.2) is 4.79 Å². The Kier molecular flexibility index (Phi) is 7.41. The number of thioether (sulfide) groups is 1. The van der Waals surface area contributed by atoms with Gasteiger partial charge in [0.25, 0.3) is 0 Å². The fraction of sp³-hybridized carbons (Fsp3) is 0.625. The van der Waals surface area contributed by atoms with Crippen LogP contribution in [0.15, 0.2) is 5.16 Å². The molecule has 0 saturated heterocycles. The normalized spacial score (nSPS) is 13.2. The van der Waals surface area contributed by atoms with Crippen molar-refractivity contribution in [2.75, 3.05) is 18.7 Å². The predicted octanol–water partition coefficient (Wildman–Crippen LogP) is 1.21. The van der Waals surface area contributed by atoms with Crippen LogP contribution in [0.25, 0.3) is 0 Å². The monoisotopic (exact) mass is 297 g/mol. The molecule has 0 aromatic rings. The maximum atomic E-state index is 11.4. The Morgan fingerprint density at radius 2 is 2.13 bits per heavy atom. The van der Waals surface area contributed by atoms with Crippen LogP contribution in [0.3, 0.4) is 0 Å². The van der Waals surface area contributed by atoms with E-state index in [2.05, 4.69) is 25.9 Å². The average Bonchev–Trinajstić information content (AvgIpc) is 2.24. The molecule has 0 N–H and O–H groups in total. The van der Waals surface area contributed by atoms with Crippen molar-refractivity contribution in [2.45, 2.75) is 12.4 Å². The number of carbonyl (C=O) groups is 2. The number of carbonyl (C=O) groups excluding carboxylic acids is 2. The van der Waals surface area contributed by atoms with Gasteiger partial charge >= 0.3 is 5.97 Å². The Balaban J connectivity index is 4.58. The van der Waals surface area contributed by atoms with Gasteiger partial charge in [0.15, 0.2) is 0 Å². The van der Waals surface area contributed by atoms with E-state index in [1.165, 1.54) is 18.9 Å². The Morgan fingerprint density at radius 1 is 1.53 bits per heavy atom. The quantitative estimate of drug-likeness (QED) is 0.184. The van der Waals surface area contributed by atoms with Gasteiger partial charge in [-0.1, -0.05) is 21.1 Å². The molecule has 0 aromatic heterocycles. The maximum absolute atomic E-state index is 11.4. The maximum Gasteiger partial charge on any atom is 0.365 e. The van der Waals surface area contributed by atoms with E-state index in [9.17, 15) is 9.59 Å². The van der Waals surface area contributed by atoms with E-state index < -0.39 is 11.8 Å². The van der Waals surface area contributed by atoms with Crippen LogP contribution in [0.5, 0.6) is 0 Å². The van der Waals surface area contributed by atoms with E-state index in [4.69, 9.17) is 4.74 Å². The lowest BCUT2D eigenvalue weighted by molar-refractivity contribution is -0.137. The number of Topliss-reactive ketones (excluding diaryl/α,β-unsaturated/α-hetero) is 1. The van der Waals surface area contributed by atoms with Gasteiger partial charge < -0.3 is 9.57 Å². The highest BCUT2D eigenvalue weighted by molar-refractivity contribution is 9.09. The summed E-state index contributed by atoms with van der Waals surface area (Å²) in [6.45, 7) is 1.70. The van der Waals surface area contributed by atoms with Crippen molar-refractivity contribution in [3.8, 4) is 0 Å². The third kappa shape index (κ3) is 5.17. The van der Waals surface area contributed by atoms with Gasteiger partial charge in [0.05, 0.1) is 5.33 Å². The third-order valence-electron chi connectivity index (χ3n) is 1.37. The average molecular weight is 298 g/mol. The Hall–Kier alpha value is -0.560. The first-order valence-electron chi connectivity index (χ1n) is 4.00. The summed E-state index contributed by atoms with van der Waals surface area (Å²) in [6.07, 6.45) is 1.79. The molecule has 0 radical (unpaired) electrons. The number of esters is 1. The zero-order valence-corrected chi connectivity index (χ0v) is 11.1. The minimum absolute atomic E-state index is 0.00204. The number of oxime groups is 1. The standard InChI is InChI=1S/C8H12BrNO4S/c1-5(15-3)14-8(12)7(10-13-2)6(11)4-9/h5H,4H2,1-3H3/b10-7-. The van der Waals surface area contributed by atoms with Crippen molar-refractivity contribution < 1.29 is 19.2 Å². The molecule has 0 aromatic carbocycles. The fourth-order valence-electron chi connectivity index (χ4n) is 0.611. The zero-order chi connectivity index (χ0) is 11.8. The largest absolute Gasteiger partial charge is 0.447 e. The summed E-state index contributed by atoms with van der Waals surface area (Å²) in [6, 6.07) is 0. The molecule has 0 rings (SSSR count). The number of ether oxygens (including phenoxy) is 1. The van der Waals surface area contributed by atoms with E-state index in [0.717, 1.165) is 0 Å². The summed E-state index contributed by atoms with van der Waals surface area (Å²) in [7, 11) is 1.26. The highest BCUT2D eigenvalue weighted by Crippen LogP contribution is 2.07. The smallest absolute Gasteiger partial charge is 0.365 e. The number of halogens is 1. The molecule has 0 amide bonds. The molecule has 0 aliphatic heterocycles. The first-order chi connectivity index (χ1) is 7.06. The van der Waals surface area contributed by atoms with Gasteiger partial charge in [0.1, 0.15) is 12.5 Å². The molecule has 0 fully saturated rings. The SMILES string of the molecule is CO/N=C(/C(=O)CBr)C(=O)OC(C)SC. The Bertz CT molecular complexity index is 269. The minimum atomic E-state index is -0.775. The zero-order valence-electron chi connectivity index (χ0n) is 8.65. The summed E-state index contributed by atoms with van der Waals surface area (Å²) >= 11 is 4.28. The molecule has 0 bridgehead atoms. The molecule has 0 aliphatic rings. The molecule has 1 atom stereocenters. The van der Waals surface area contributed by atoms with Crippen LogP contribution in [0.1, 0.15) is 6.92 Å². The lowest BCUT2D eigenvalue weighted by Crippen LogP contribution is -2.29. The number of hydrogen-bond acceptors (Lipinski definition) is 6. The van der Waals surface area contributed by atoms with E-state index in [-0.39, 0.29) is 16.5 Å². The lowest BCUT2D eigenvalue weighted by Gasteiger charge is -2.09. The number of rotatable bonds is 6. The third-order valence-corrected chi connectivity index (χ3v) is 2.64. The number of alkyl halides is 1. The van der Waals surface area contributed by atoms with Crippen LogP contribution >= 0.6 is 27.7 Å². The van der Waals surface area contributed by atoms with Crippen LogP contribution in [-0.2, 0) is 19.2 Å². The van der Waals surface area contributed by atoms with Gasteiger partial charge in [-0.15, -0.1) is 11.8 Å². The van der Waals surface area contributed by atoms with Crippen molar-refractivity contribution in [3.05, 3.63) is 0 Å². The molecule has 86 valence electrons. The van der Waals surface area contributed by atoms with Gasteiger partial charge in [0.2, 0.25) is 11.5 Å². The molecular formula is C8H12BrNO4S. The topological polar surface area (TPSA) is 65.0 Å². The number of ketones is 1. The van der Waals surface area contributed by atoms with Crippen molar-refractivity contribution in [1.29, 1.82) is 0 Å². The Labute approximate surface area is 101 Å². The van der Waals surface area contributed by atoms with Crippen molar-refractivity contribution in [1.82, 2.24) is 0 Å². The van der Waals surface area contributed by atoms with Crippen molar-refractivity contribution in [2.24, 2.45) is 5.16 Å². The van der Waals surface area contributed by atoms with Crippen LogP contribution in [0.2, 0.25) is 0 Å². The molecule has 7 heteroatoms. The fourth-order valence-corrected chi connectivity index (χ4v) is 1.06. The van der Waals surface area contributed by atoms with Gasteiger partial charge in [-0.3, -0.25) is 4.79 Å². The summed E-state index contributed by atoms with van der Waals surface area (Å²) in [5, 5.41) is 3.33. The second kappa shape index (κ2) is 7.70. The molecule has 5 nitrogen and oxygen atoms in total. The van der Waals surface area contributed by atoms with E-state index >= 15 is 0 Å². The van der Waals surface area contributed by atoms with Crippen molar-refractivity contribution in [3.63, 3.8) is 0 Å². The lowest BCUT2D eigenvalue weighted by atomic mass is 10.3. The highest BCUT2D eigenvalue weighted by Gasteiger charge is 2.23. The summed E-state index contributed by atoms with van der Waals surface area (Å²) < 4.78 is 4.91. The molecule has 0 spiro atoms.